The Balaban J connectivity index is 1.36. The zero-order valence-electron chi connectivity index (χ0n) is 18.0. The summed E-state index contributed by atoms with van der Waals surface area (Å²) >= 11 is 1.43. The van der Waals surface area contributed by atoms with Crippen LogP contribution in [0.25, 0.3) is 21.6 Å². The third kappa shape index (κ3) is 3.71. The second-order valence-corrected chi connectivity index (χ2v) is 8.67. The maximum Gasteiger partial charge on any atom is 0.273 e. The molecular weight excluding hydrogens is 424 g/mol. The van der Waals surface area contributed by atoms with Crippen molar-refractivity contribution < 1.29 is 14.3 Å². The standard InChI is InChI=1S/C24H24N4O3S/c1-30-20-11-5-8-16(21(20)31-2)23-27-19(14-32-23)24(29)28-12-6-7-15(13-28)22-25-17-9-3-4-10-18(17)26-22/h3-5,8-11,14-15H,6-7,12-13H2,1-2H3,(H,25,26). The number of thiazole rings is 1. The first-order valence-electron chi connectivity index (χ1n) is 10.6. The molecule has 0 spiro atoms. The molecule has 2 aromatic heterocycles. The molecule has 0 radical (unpaired) electrons. The molecule has 1 N–H and O–H groups in total. The van der Waals surface area contributed by atoms with Gasteiger partial charge < -0.3 is 19.4 Å². The van der Waals surface area contributed by atoms with Crippen LogP contribution in [0.5, 0.6) is 11.5 Å². The highest BCUT2D eigenvalue weighted by Gasteiger charge is 2.29. The van der Waals surface area contributed by atoms with Crippen molar-refractivity contribution in [1.29, 1.82) is 0 Å². The number of piperidine rings is 1. The van der Waals surface area contributed by atoms with Crippen LogP contribution in [0.4, 0.5) is 0 Å². The average Bonchev–Trinajstić information content (AvgIpc) is 3.50. The van der Waals surface area contributed by atoms with Gasteiger partial charge in [-0.25, -0.2) is 9.97 Å². The minimum Gasteiger partial charge on any atom is -0.493 e. The number of aromatic amines is 1. The molecular formula is C24H24N4O3S. The molecule has 8 heteroatoms. The molecule has 164 valence electrons. The van der Waals surface area contributed by atoms with Gasteiger partial charge in [0.1, 0.15) is 16.5 Å². The summed E-state index contributed by atoms with van der Waals surface area (Å²) in [4.78, 5) is 28.0. The quantitative estimate of drug-likeness (QED) is 0.478. The van der Waals surface area contributed by atoms with Crippen LogP contribution < -0.4 is 9.47 Å². The van der Waals surface area contributed by atoms with Crippen LogP contribution in [0.15, 0.2) is 47.8 Å². The monoisotopic (exact) mass is 448 g/mol. The zero-order chi connectivity index (χ0) is 22.1. The maximum atomic E-state index is 13.3. The molecule has 1 aliphatic heterocycles. The summed E-state index contributed by atoms with van der Waals surface area (Å²) in [5.74, 6) is 2.35. The fraction of sp³-hybridized carbons (Fsp3) is 0.292. The number of hydrogen-bond acceptors (Lipinski definition) is 6. The summed E-state index contributed by atoms with van der Waals surface area (Å²) in [6, 6.07) is 13.7. The van der Waals surface area contributed by atoms with Crippen LogP contribution in [0.2, 0.25) is 0 Å². The van der Waals surface area contributed by atoms with Gasteiger partial charge in [0.2, 0.25) is 0 Å². The first kappa shape index (κ1) is 20.5. The van der Waals surface area contributed by atoms with Gasteiger partial charge in [-0.2, -0.15) is 0 Å². The van der Waals surface area contributed by atoms with Gasteiger partial charge in [-0.1, -0.05) is 18.2 Å². The van der Waals surface area contributed by atoms with Crippen molar-refractivity contribution >= 4 is 28.3 Å². The van der Waals surface area contributed by atoms with Crippen molar-refractivity contribution in [3.05, 3.63) is 59.4 Å². The second-order valence-electron chi connectivity index (χ2n) is 7.81. The normalized spacial score (nSPS) is 16.3. The number of para-hydroxylation sites is 3. The third-order valence-electron chi connectivity index (χ3n) is 5.86. The van der Waals surface area contributed by atoms with Gasteiger partial charge in [0, 0.05) is 24.4 Å². The number of amides is 1. The molecule has 1 aliphatic rings. The highest BCUT2D eigenvalue weighted by molar-refractivity contribution is 7.13. The number of aromatic nitrogens is 3. The number of rotatable bonds is 5. The van der Waals surface area contributed by atoms with Crippen LogP contribution in [0, 0.1) is 0 Å². The number of fused-ring (bicyclic) bond motifs is 1. The molecule has 5 rings (SSSR count). The SMILES string of the molecule is COc1cccc(-c2nc(C(=O)N3CCCC(c4nc5ccccc5[nH]4)C3)cs2)c1OC. The number of carbonyl (C=O) groups excluding carboxylic acids is 1. The highest BCUT2D eigenvalue weighted by Crippen LogP contribution is 2.39. The fourth-order valence-electron chi connectivity index (χ4n) is 4.26. The summed E-state index contributed by atoms with van der Waals surface area (Å²) in [5.41, 5.74) is 3.26. The van der Waals surface area contributed by atoms with E-state index in [9.17, 15) is 4.79 Å². The maximum absolute atomic E-state index is 13.3. The summed E-state index contributed by atoms with van der Waals surface area (Å²) in [7, 11) is 3.21. The molecule has 32 heavy (non-hydrogen) atoms. The van der Waals surface area contributed by atoms with E-state index in [2.05, 4.69) is 9.97 Å². The highest BCUT2D eigenvalue weighted by atomic mass is 32.1. The Morgan fingerprint density at radius 2 is 2.00 bits per heavy atom. The molecule has 2 aromatic carbocycles. The lowest BCUT2D eigenvalue weighted by Gasteiger charge is -2.31. The van der Waals surface area contributed by atoms with Crippen LogP contribution >= 0.6 is 11.3 Å². The minimum atomic E-state index is -0.0461. The number of nitrogens with one attached hydrogen (secondary N) is 1. The van der Waals surface area contributed by atoms with E-state index in [1.165, 1.54) is 11.3 Å². The summed E-state index contributed by atoms with van der Waals surface area (Å²) < 4.78 is 10.9. The van der Waals surface area contributed by atoms with Crippen molar-refractivity contribution in [3.63, 3.8) is 0 Å². The van der Waals surface area contributed by atoms with Crippen LogP contribution in [0.1, 0.15) is 35.1 Å². The lowest BCUT2D eigenvalue weighted by Crippen LogP contribution is -2.39. The third-order valence-corrected chi connectivity index (χ3v) is 6.74. The van der Waals surface area contributed by atoms with E-state index < -0.39 is 0 Å². The summed E-state index contributed by atoms with van der Waals surface area (Å²) in [5, 5.41) is 2.55. The Bertz CT molecular complexity index is 1230. The first-order valence-corrected chi connectivity index (χ1v) is 11.5. The predicted octanol–water partition coefficient (Wildman–Crippen LogP) is 4.72. The van der Waals surface area contributed by atoms with Gasteiger partial charge in [-0.05, 0) is 37.1 Å². The Morgan fingerprint density at radius 1 is 1.12 bits per heavy atom. The largest absolute Gasteiger partial charge is 0.493 e. The molecule has 0 bridgehead atoms. The predicted molar refractivity (Wildman–Crippen MR) is 125 cm³/mol. The number of H-pyrrole nitrogens is 1. The number of likely N-dealkylation sites (tertiary alicyclic amines) is 1. The smallest absolute Gasteiger partial charge is 0.273 e. The van der Waals surface area contributed by atoms with E-state index in [4.69, 9.17) is 14.5 Å². The molecule has 1 fully saturated rings. The zero-order valence-corrected chi connectivity index (χ0v) is 18.8. The van der Waals surface area contributed by atoms with E-state index >= 15 is 0 Å². The van der Waals surface area contributed by atoms with Crippen LogP contribution in [0.3, 0.4) is 0 Å². The second kappa shape index (κ2) is 8.63. The average molecular weight is 449 g/mol. The molecule has 1 unspecified atom stereocenters. The Morgan fingerprint density at radius 3 is 2.81 bits per heavy atom. The number of ether oxygens (including phenoxy) is 2. The topological polar surface area (TPSA) is 80.3 Å². The molecule has 7 nitrogen and oxygen atoms in total. The molecule has 0 saturated carbocycles. The number of carbonyl (C=O) groups is 1. The Hall–Kier alpha value is -3.39. The summed E-state index contributed by atoms with van der Waals surface area (Å²) in [6.07, 6.45) is 1.95. The van der Waals surface area contributed by atoms with Gasteiger partial charge >= 0.3 is 0 Å². The number of methoxy groups -OCH3 is 2. The number of hydrogen-bond donors (Lipinski definition) is 1. The van der Waals surface area contributed by atoms with Crippen molar-refractivity contribution in [3.8, 4) is 22.1 Å². The van der Waals surface area contributed by atoms with Crippen molar-refractivity contribution in [1.82, 2.24) is 19.9 Å². The van der Waals surface area contributed by atoms with E-state index in [1.54, 1.807) is 14.2 Å². The van der Waals surface area contributed by atoms with E-state index in [0.29, 0.717) is 23.7 Å². The molecule has 1 atom stereocenters. The van der Waals surface area contributed by atoms with E-state index in [1.807, 2.05) is 52.7 Å². The number of benzene rings is 2. The lowest BCUT2D eigenvalue weighted by atomic mass is 9.97. The van der Waals surface area contributed by atoms with Crippen molar-refractivity contribution in [2.45, 2.75) is 18.8 Å². The Labute approximate surface area is 190 Å². The van der Waals surface area contributed by atoms with Gasteiger partial charge in [-0.15, -0.1) is 11.3 Å². The molecule has 1 saturated heterocycles. The van der Waals surface area contributed by atoms with Gasteiger partial charge in [0.05, 0.1) is 30.8 Å². The van der Waals surface area contributed by atoms with Crippen LogP contribution in [-0.4, -0.2) is 53.1 Å². The van der Waals surface area contributed by atoms with Gasteiger partial charge in [0.25, 0.3) is 5.91 Å². The number of nitrogens with zero attached hydrogens (tertiary/aromatic N) is 3. The summed E-state index contributed by atoms with van der Waals surface area (Å²) in [6.45, 7) is 1.36. The van der Waals surface area contributed by atoms with E-state index in [-0.39, 0.29) is 11.8 Å². The van der Waals surface area contributed by atoms with Gasteiger partial charge in [-0.3, -0.25) is 4.79 Å². The minimum absolute atomic E-state index is 0.0461. The number of imidazole rings is 1. The molecule has 1 amide bonds. The van der Waals surface area contributed by atoms with Gasteiger partial charge in [0.15, 0.2) is 11.5 Å². The molecule has 4 aromatic rings. The van der Waals surface area contributed by atoms with Crippen molar-refractivity contribution in [2.24, 2.45) is 0 Å². The first-order chi connectivity index (χ1) is 15.7. The molecule has 3 heterocycles. The molecule has 0 aliphatic carbocycles. The fourth-order valence-corrected chi connectivity index (χ4v) is 5.08. The van der Waals surface area contributed by atoms with Crippen LogP contribution in [-0.2, 0) is 0 Å². The lowest BCUT2D eigenvalue weighted by molar-refractivity contribution is 0.0700. The van der Waals surface area contributed by atoms with Crippen molar-refractivity contribution in [2.75, 3.05) is 27.3 Å². The Kier molecular flexibility index (Phi) is 5.53. The van der Waals surface area contributed by atoms with E-state index in [0.717, 1.165) is 46.8 Å².